The Balaban J connectivity index is 2.07. The van der Waals surface area contributed by atoms with Gasteiger partial charge in [0.05, 0.1) is 0 Å². The van der Waals surface area contributed by atoms with Gasteiger partial charge < -0.3 is 0 Å². The molecule has 0 aromatic rings. The van der Waals surface area contributed by atoms with Crippen LogP contribution in [0.2, 0.25) is 0 Å². The van der Waals surface area contributed by atoms with Crippen LogP contribution in [0.5, 0.6) is 0 Å². The highest BCUT2D eigenvalue weighted by Crippen LogP contribution is 2.41. The maximum atomic E-state index is 4.28. The van der Waals surface area contributed by atoms with E-state index in [4.69, 9.17) is 0 Å². The molecule has 0 radical (unpaired) electrons. The number of rotatable bonds is 8. The van der Waals surface area contributed by atoms with Gasteiger partial charge in [0.1, 0.15) is 0 Å². The number of hydrogen-bond acceptors (Lipinski definition) is 2. The molecule has 1 aliphatic heterocycles. The summed E-state index contributed by atoms with van der Waals surface area (Å²) in [6.45, 7) is 9.15. The normalized spacial score (nSPS) is 17.8. The minimum atomic E-state index is 0.0551. The molecule has 0 aliphatic carbocycles. The fourth-order valence-corrected chi connectivity index (χ4v) is 1.98. The molecule has 1 aliphatic rings. The molecular weight excluding hydrogens is 196 g/mol. The van der Waals surface area contributed by atoms with Crippen molar-refractivity contribution in [3.05, 3.63) is 0 Å². The minimum Gasteiger partial charge on any atom is -0.159 e. The van der Waals surface area contributed by atoms with Crippen LogP contribution in [0.1, 0.15) is 79.1 Å². The Bertz CT molecular complexity index is 219. The quantitative estimate of drug-likeness (QED) is 0.497. The highest BCUT2D eigenvalue weighted by molar-refractivity contribution is 4.93. The summed E-state index contributed by atoms with van der Waals surface area (Å²) < 4.78 is 0. The van der Waals surface area contributed by atoms with Gasteiger partial charge in [0.15, 0.2) is 5.66 Å². The van der Waals surface area contributed by atoms with Gasteiger partial charge in [-0.1, -0.05) is 53.4 Å². The molecule has 2 heteroatoms. The zero-order valence-corrected chi connectivity index (χ0v) is 11.6. The van der Waals surface area contributed by atoms with Crippen LogP contribution < -0.4 is 0 Å². The van der Waals surface area contributed by atoms with Crippen molar-refractivity contribution < 1.29 is 0 Å². The largest absolute Gasteiger partial charge is 0.191 e. The smallest absolute Gasteiger partial charge is 0.159 e. The Kier molecular flexibility index (Phi) is 4.94. The van der Waals surface area contributed by atoms with Gasteiger partial charge in [0.25, 0.3) is 0 Å². The molecule has 16 heavy (non-hydrogen) atoms. The SMILES string of the molecule is CCCCCCCC1(CCC(C)(C)C)N=N1. The lowest BCUT2D eigenvalue weighted by Crippen LogP contribution is -2.15. The number of hydrogen-bond donors (Lipinski definition) is 0. The van der Waals surface area contributed by atoms with Crippen molar-refractivity contribution in [3.63, 3.8) is 0 Å². The molecule has 0 unspecified atom stereocenters. The van der Waals surface area contributed by atoms with Crippen LogP contribution in [0.15, 0.2) is 10.2 Å². The second-order valence-electron chi connectivity index (χ2n) is 6.41. The van der Waals surface area contributed by atoms with Crippen molar-refractivity contribution in [1.82, 2.24) is 0 Å². The van der Waals surface area contributed by atoms with Gasteiger partial charge in [0.2, 0.25) is 0 Å². The van der Waals surface area contributed by atoms with E-state index in [0.29, 0.717) is 5.41 Å². The first-order valence-electron chi connectivity index (χ1n) is 6.91. The van der Waals surface area contributed by atoms with Crippen LogP contribution in [0.3, 0.4) is 0 Å². The van der Waals surface area contributed by atoms with E-state index in [2.05, 4.69) is 37.9 Å². The Hall–Kier alpha value is -0.400. The Morgan fingerprint density at radius 1 is 0.875 bits per heavy atom. The zero-order chi connectivity index (χ0) is 12.1. The maximum Gasteiger partial charge on any atom is 0.191 e. The summed E-state index contributed by atoms with van der Waals surface area (Å²) in [5.74, 6) is 0. The summed E-state index contributed by atoms with van der Waals surface area (Å²) in [6.07, 6.45) is 10.3. The van der Waals surface area contributed by atoms with E-state index in [1.54, 1.807) is 0 Å². The van der Waals surface area contributed by atoms with E-state index in [-0.39, 0.29) is 5.66 Å². The molecule has 0 fully saturated rings. The van der Waals surface area contributed by atoms with Gasteiger partial charge in [-0.2, -0.15) is 10.2 Å². The van der Waals surface area contributed by atoms with Crippen LogP contribution in [-0.2, 0) is 0 Å². The van der Waals surface area contributed by atoms with Crippen LogP contribution in [-0.4, -0.2) is 5.66 Å². The molecule has 1 heterocycles. The highest BCUT2D eigenvalue weighted by Gasteiger charge is 2.39. The summed E-state index contributed by atoms with van der Waals surface area (Å²) in [5, 5.41) is 8.56. The van der Waals surface area contributed by atoms with E-state index >= 15 is 0 Å². The van der Waals surface area contributed by atoms with Crippen LogP contribution in [0, 0.1) is 5.41 Å². The first-order chi connectivity index (χ1) is 7.47. The van der Waals surface area contributed by atoms with Gasteiger partial charge in [0, 0.05) is 0 Å². The molecule has 2 nitrogen and oxygen atoms in total. The summed E-state index contributed by atoms with van der Waals surface area (Å²) in [7, 11) is 0. The Morgan fingerprint density at radius 3 is 2.00 bits per heavy atom. The van der Waals surface area contributed by atoms with Gasteiger partial charge in [-0.05, 0) is 31.1 Å². The Morgan fingerprint density at radius 2 is 1.50 bits per heavy atom. The third-order valence-corrected chi connectivity index (χ3v) is 3.34. The standard InChI is InChI=1S/C14H28N2/c1-5-6-7-8-9-10-14(15-16-14)12-11-13(2,3)4/h5-12H2,1-4H3. The Labute approximate surface area is 101 Å². The fourth-order valence-electron chi connectivity index (χ4n) is 1.98. The summed E-state index contributed by atoms with van der Waals surface area (Å²) >= 11 is 0. The minimum absolute atomic E-state index is 0.0551. The predicted molar refractivity (Wildman–Crippen MR) is 69.7 cm³/mol. The molecule has 94 valence electrons. The maximum absolute atomic E-state index is 4.28. The molecule has 0 atom stereocenters. The van der Waals surface area contributed by atoms with Crippen LogP contribution in [0.25, 0.3) is 0 Å². The molecular formula is C14H28N2. The monoisotopic (exact) mass is 224 g/mol. The lowest BCUT2D eigenvalue weighted by Gasteiger charge is -2.20. The van der Waals surface area contributed by atoms with Crippen molar-refractivity contribution in [1.29, 1.82) is 0 Å². The van der Waals surface area contributed by atoms with Gasteiger partial charge in [-0.3, -0.25) is 0 Å². The highest BCUT2D eigenvalue weighted by atomic mass is 15.4. The zero-order valence-electron chi connectivity index (χ0n) is 11.6. The van der Waals surface area contributed by atoms with Crippen LogP contribution in [0.4, 0.5) is 0 Å². The molecule has 0 saturated carbocycles. The second-order valence-corrected chi connectivity index (χ2v) is 6.41. The van der Waals surface area contributed by atoms with Crippen molar-refractivity contribution in [2.75, 3.05) is 0 Å². The first kappa shape index (κ1) is 13.7. The third kappa shape index (κ3) is 5.62. The average molecular weight is 224 g/mol. The van der Waals surface area contributed by atoms with E-state index in [9.17, 15) is 0 Å². The van der Waals surface area contributed by atoms with E-state index in [1.165, 1.54) is 44.9 Å². The molecule has 0 saturated heterocycles. The summed E-state index contributed by atoms with van der Waals surface area (Å²) in [4.78, 5) is 0. The van der Waals surface area contributed by atoms with Gasteiger partial charge in [-0.25, -0.2) is 0 Å². The lowest BCUT2D eigenvalue weighted by molar-refractivity contribution is 0.324. The molecule has 0 spiro atoms. The third-order valence-electron chi connectivity index (χ3n) is 3.34. The first-order valence-corrected chi connectivity index (χ1v) is 6.91. The van der Waals surface area contributed by atoms with Crippen molar-refractivity contribution >= 4 is 0 Å². The van der Waals surface area contributed by atoms with E-state index < -0.39 is 0 Å². The molecule has 0 aromatic heterocycles. The number of unbranched alkanes of at least 4 members (excludes halogenated alkanes) is 4. The van der Waals surface area contributed by atoms with Gasteiger partial charge in [-0.15, -0.1) is 0 Å². The molecule has 1 rings (SSSR count). The van der Waals surface area contributed by atoms with E-state index in [1.807, 2.05) is 0 Å². The van der Waals surface area contributed by atoms with Crippen molar-refractivity contribution in [2.24, 2.45) is 15.6 Å². The van der Waals surface area contributed by atoms with E-state index in [0.717, 1.165) is 6.42 Å². The second kappa shape index (κ2) is 5.79. The molecule has 0 amide bonds. The molecule has 0 aromatic carbocycles. The summed E-state index contributed by atoms with van der Waals surface area (Å²) in [5.41, 5.74) is 0.475. The average Bonchev–Trinajstić information content (AvgIpc) is 2.95. The van der Waals surface area contributed by atoms with Gasteiger partial charge >= 0.3 is 0 Å². The van der Waals surface area contributed by atoms with Crippen LogP contribution >= 0.6 is 0 Å². The number of nitrogens with zero attached hydrogens (tertiary/aromatic N) is 2. The van der Waals surface area contributed by atoms with Crippen molar-refractivity contribution in [3.8, 4) is 0 Å². The molecule has 0 bridgehead atoms. The van der Waals surface area contributed by atoms with Crippen molar-refractivity contribution in [2.45, 2.75) is 84.7 Å². The summed E-state index contributed by atoms with van der Waals surface area (Å²) in [6, 6.07) is 0. The molecule has 0 N–H and O–H groups in total. The predicted octanol–water partition coefficient (Wildman–Crippen LogP) is 5.34. The fraction of sp³-hybridized carbons (Fsp3) is 1.00. The lowest BCUT2D eigenvalue weighted by atomic mass is 9.86. The topological polar surface area (TPSA) is 24.7 Å².